The van der Waals surface area contributed by atoms with Crippen molar-refractivity contribution in [3.05, 3.63) is 161 Å². The second-order valence-corrected chi connectivity index (χ2v) is 20.3. The number of hydrogen-bond acceptors (Lipinski definition) is 12. The van der Waals surface area contributed by atoms with E-state index in [2.05, 4.69) is 13.8 Å². The summed E-state index contributed by atoms with van der Waals surface area (Å²) in [6.45, 7) is 13.7. The largest absolute Gasteiger partial charge is 0.497 e. The van der Waals surface area contributed by atoms with E-state index < -0.39 is 0 Å². The quantitative estimate of drug-likeness (QED) is 0.0376. The van der Waals surface area contributed by atoms with Crippen LogP contribution >= 0.6 is 0 Å². The normalized spacial score (nSPS) is 12.9. The number of ether oxygens (including phenoxy) is 7. The summed E-state index contributed by atoms with van der Waals surface area (Å²) in [5.74, 6) is 4.38. The average molecular weight is 1140 g/mol. The van der Waals surface area contributed by atoms with E-state index in [-0.39, 0.29) is 30.3 Å². The van der Waals surface area contributed by atoms with Gasteiger partial charge in [0, 0.05) is 43.5 Å². The van der Waals surface area contributed by atoms with Gasteiger partial charge in [-0.2, -0.15) is 0 Å². The first kappa shape index (κ1) is 72.0. The molecule has 1 aliphatic carbocycles. The van der Waals surface area contributed by atoms with E-state index >= 15 is 0 Å². The molecule has 0 spiro atoms. The predicted molar refractivity (Wildman–Crippen MR) is 339 cm³/mol. The number of Topliss-reactive ketones (excluding diaryl/α,β-unsaturated/α-hetero) is 5. The Labute approximate surface area is 498 Å². The smallest absolute Gasteiger partial charge is 0.160 e. The molecule has 0 bridgehead atoms. The summed E-state index contributed by atoms with van der Waals surface area (Å²) in [7, 11) is 8.42. The molecule has 1 saturated carbocycles. The number of rotatable bonds is 26. The van der Waals surface area contributed by atoms with Gasteiger partial charge in [0.2, 0.25) is 0 Å². The van der Waals surface area contributed by atoms with Crippen LogP contribution < -0.4 is 23.7 Å². The van der Waals surface area contributed by atoms with Crippen LogP contribution in [0, 0.1) is 0 Å². The van der Waals surface area contributed by atoms with Crippen LogP contribution in [-0.4, -0.2) is 89.9 Å². The Bertz CT molecular complexity index is 2660. The number of para-hydroxylation sites is 2. The molecule has 7 rings (SSSR count). The molecule has 0 N–H and O–H groups in total. The van der Waals surface area contributed by atoms with E-state index in [9.17, 15) is 24.0 Å². The molecular weight excluding hydrogens is 1040 g/mol. The zero-order chi connectivity index (χ0) is 61.2. The number of carbonyl (C=O) groups is 5. The Hall–Kier alpha value is -7.15. The fraction of sp³-hybridized carbons (Fsp3) is 0.451. The number of unbranched alkanes of at least 4 members (excludes halogenated alkanes) is 10. The Kier molecular flexibility index (Phi) is 37.7. The molecule has 0 atom stereocenters. The summed E-state index contributed by atoms with van der Waals surface area (Å²) in [6.07, 6.45) is 21.2. The van der Waals surface area contributed by atoms with Crippen molar-refractivity contribution >= 4 is 39.7 Å². The van der Waals surface area contributed by atoms with Gasteiger partial charge in [0.05, 0.1) is 46.8 Å². The van der Waals surface area contributed by atoms with Crippen LogP contribution in [0.4, 0.5) is 0 Å². The van der Waals surface area contributed by atoms with Gasteiger partial charge in [-0.15, -0.1) is 0 Å². The SMILES string of the molecule is CC(=O)c1ccc2cc(C(C)=O)ccc2c1.CCCCCCCCCCCCOc1ccc(C(C)=O)cc1.CCCCOc1ccc(C(C)=O)cc1.COC1CCC(OC)CC1.COc1ccc(C(C)=O)cc1.COc1ccccc1OC.[HH]. The molecule has 0 aliphatic heterocycles. The molecule has 6 aromatic rings. The maximum absolute atomic E-state index is 11.2. The zero-order valence-electron chi connectivity index (χ0n) is 52.0. The van der Waals surface area contributed by atoms with Gasteiger partial charge >= 0.3 is 0 Å². The van der Waals surface area contributed by atoms with Crippen molar-refractivity contribution in [3.63, 3.8) is 0 Å². The summed E-state index contributed by atoms with van der Waals surface area (Å²) in [5.41, 5.74) is 3.58. The van der Waals surface area contributed by atoms with Gasteiger partial charge in [-0.1, -0.05) is 114 Å². The van der Waals surface area contributed by atoms with Crippen LogP contribution in [0.2, 0.25) is 0 Å². The van der Waals surface area contributed by atoms with Gasteiger partial charge in [-0.05, 0) is 181 Å². The van der Waals surface area contributed by atoms with E-state index in [1.807, 2.05) is 84.9 Å². The summed E-state index contributed by atoms with van der Waals surface area (Å²) in [5, 5.41) is 1.97. The molecule has 6 aromatic carbocycles. The van der Waals surface area contributed by atoms with Crippen molar-refractivity contribution in [3.8, 4) is 28.7 Å². The minimum absolute atomic E-state index is 0. The van der Waals surface area contributed by atoms with Crippen molar-refractivity contribution in [2.75, 3.05) is 48.8 Å². The number of ketones is 5. The molecule has 0 heterocycles. The Balaban J connectivity index is 0.000000515. The second kappa shape index (κ2) is 43.5. The minimum Gasteiger partial charge on any atom is -0.497 e. The van der Waals surface area contributed by atoms with Gasteiger partial charge in [-0.3, -0.25) is 24.0 Å². The Morgan fingerprint density at radius 3 is 0.964 bits per heavy atom. The van der Waals surface area contributed by atoms with Crippen molar-refractivity contribution in [1.29, 1.82) is 0 Å². The lowest BCUT2D eigenvalue weighted by molar-refractivity contribution is 0.00454. The van der Waals surface area contributed by atoms with Crippen LogP contribution in [0.3, 0.4) is 0 Å². The van der Waals surface area contributed by atoms with Crippen LogP contribution in [0.1, 0.15) is 204 Å². The van der Waals surface area contributed by atoms with E-state index in [4.69, 9.17) is 33.2 Å². The van der Waals surface area contributed by atoms with Crippen LogP contribution in [-0.2, 0) is 9.47 Å². The third-order valence-electron chi connectivity index (χ3n) is 13.8. The molecule has 0 amide bonds. The molecule has 83 heavy (non-hydrogen) atoms. The monoisotopic (exact) mass is 1140 g/mol. The fourth-order valence-corrected chi connectivity index (χ4v) is 8.49. The highest BCUT2D eigenvalue weighted by Gasteiger charge is 2.19. The van der Waals surface area contributed by atoms with Crippen LogP contribution in [0.5, 0.6) is 28.7 Å². The van der Waals surface area contributed by atoms with Crippen LogP contribution in [0.15, 0.2) is 133 Å². The van der Waals surface area contributed by atoms with E-state index in [0.29, 0.717) is 28.9 Å². The highest BCUT2D eigenvalue weighted by molar-refractivity contribution is 6.02. The summed E-state index contributed by atoms with van der Waals surface area (Å²) < 4.78 is 36.6. The standard InChI is InChI=1S/C20H32O2.C14H12O2.C12H16O2.C9H10O2.C8H16O2.C8H10O2.H2/c1-3-4-5-6-7-8-9-10-11-12-17-22-20-15-13-19(14-16-20)18(2)21;1-9(15)11-3-5-14-8-12(10(2)16)4-6-13(14)7-11;1-3-4-9-14-12-7-5-11(6-8-12)10(2)13;1-7(10)8-3-5-9(11-2)6-4-8;1-9-7-3-5-8(10-2)6-4-7;1-9-7-5-3-4-6-8(7)10-2;/h13-16H,3-12,17H2,1-2H3;3-8H,1-2H3;5-8H,3-4,9H2,1-2H3;3-6H,1-2H3;7-8H,3-6H2,1-2H3;3-6H,1-2H3;1H. The predicted octanol–water partition coefficient (Wildman–Crippen LogP) is 17.9. The van der Waals surface area contributed by atoms with Crippen LogP contribution in [0.25, 0.3) is 10.8 Å². The first-order valence-corrected chi connectivity index (χ1v) is 29.4. The number of fused-ring (bicyclic) bond motifs is 1. The maximum atomic E-state index is 11.2. The molecule has 0 radical (unpaired) electrons. The molecule has 454 valence electrons. The van der Waals surface area contributed by atoms with Crippen molar-refractivity contribution in [2.24, 2.45) is 0 Å². The van der Waals surface area contributed by atoms with Gasteiger partial charge in [-0.25, -0.2) is 0 Å². The summed E-state index contributed by atoms with van der Waals surface area (Å²) in [6, 6.07) is 40.3. The molecule has 1 fully saturated rings. The molecule has 0 unspecified atom stereocenters. The van der Waals surface area contributed by atoms with Gasteiger partial charge in [0.1, 0.15) is 17.2 Å². The number of hydrogen-bond donors (Lipinski definition) is 0. The number of benzene rings is 6. The third kappa shape index (κ3) is 30.6. The third-order valence-corrected chi connectivity index (χ3v) is 13.8. The summed E-state index contributed by atoms with van der Waals surface area (Å²) >= 11 is 0. The molecule has 0 aromatic heterocycles. The maximum Gasteiger partial charge on any atom is 0.160 e. The average Bonchev–Trinajstić information content (AvgIpc) is 3.54. The van der Waals surface area contributed by atoms with E-state index in [1.54, 1.807) is 119 Å². The number of carbonyl (C=O) groups excluding carboxylic acids is 5. The molecular formula is C71H98O12. The van der Waals surface area contributed by atoms with Crippen molar-refractivity contribution in [1.82, 2.24) is 0 Å². The summed E-state index contributed by atoms with van der Waals surface area (Å²) in [4.78, 5) is 55.4. The Morgan fingerprint density at radius 2 is 0.663 bits per heavy atom. The topological polar surface area (TPSA) is 150 Å². The zero-order valence-corrected chi connectivity index (χ0v) is 52.0. The van der Waals surface area contributed by atoms with Gasteiger partial charge < -0.3 is 33.2 Å². The van der Waals surface area contributed by atoms with Crippen molar-refractivity contribution < 1.29 is 58.6 Å². The van der Waals surface area contributed by atoms with Gasteiger partial charge in [0.15, 0.2) is 40.4 Å². The lowest BCUT2D eigenvalue weighted by atomic mass is 9.95. The first-order valence-electron chi connectivity index (χ1n) is 29.4. The molecule has 12 nitrogen and oxygen atoms in total. The minimum atomic E-state index is 0. The van der Waals surface area contributed by atoms with Gasteiger partial charge in [0.25, 0.3) is 0 Å². The molecule has 1 aliphatic rings. The highest BCUT2D eigenvalue weighted by Crippen LogP contribution is 2.25. The Morgan fingerprint density at radius 1 is 0.361 bits per heavy atom. The molecule has 0 saturated heterocycles. The highest BCUT2D eigenvalue weighted by atomic mass is 16.5. The first-order chi connectivity index (χ1) is 40.0. The van der Waals surface area contributed by atoms with Crippen molar-refractivity contribution in [2.45, 2.75) is 163 Å². The van der Waals surface area contributed by atoms with E-state index in [1.165, 1.54) is 57.8 Å². The fourth-order valence-electron chi connectivity index (χ4n) is 8.49. The second-order valence-electron chi connectivity index (χ2n) is 20.3. The molecule has 12 heteroatoms. The lowest BCUT2D eigenvalue weighted by Gasteiger charge is -2.26. The number of methoxy groups -OCH3 is 5. The van der Waals surface area contributed by atoms with E-state index in [0.717, 1.165) is 109 Å². The lowest BCUT2D eigenvalue weighted by Crippen LogP contribution is -2.24.